The number of aryl methyl sites for hydroxylation is 3. The van der Waals surface area contributed by atoms with Crippen molar-refractivity contribution < 1.29 is 9.59 Å². The molecule has 0 bridgehead atoms. The second-order valence-corrected chi connectivity index (χ2v) is 6.41. The molecule has 1 aromatic carbocycles. The molecule has 2 aromatic rings. The molecule has 0 atom stereocenters. The topological polar surface area (TPSA) is 79.3 Å². The fraction of sp³-hybridized carbons (Fsp3) is 0.389. The van der Waals surface area contributed by atoms with E-state index in [1.54, 1.807) is 21.8 Å². The average molecular weight is 343 g/mol. The Morgan fingerprint density at radius 3 is 2.44 bits per heavy atom. The van der Waals surface area contributed by atoms with Crippen LogP contribution < -0.4 is 10.6 Å². The van der Waals surface area contributed by atoms with E-state index in [4.69, 9.17) is 0 Å². The highest BCUT2D eigenvalue weighted by Crippen LogP contribution is 2.23. The lowest BCUT2D eigenvalue weighted by Crippen LogP contribution is -2.27. The van der Waals surface area contributed by atoms with Crippen LogP contribution in [0.2, 0.25) is 0 Å². The SMILES string of the molecule is Cc1ccc(NC(=O)CN(C)C)c(NC(=O)CCn2cc(C)cn2)c1. The van der Waals surface area contributed by atoms with Gasteiger partial charge in [-0.05, 0) is 51.2 Å². The molecule has 7 heteroatoms. The first-order chi connectivity index (χ1) is 11.8. The van der Waals surface area contributed by atoms with Crippen LogP contribution >= 0.6 is 0 Å². The Balaban J connectivity index is 2.00. The molecule has 0 aliphatic heterocycles. The zero-order valence-electron chi connectivity index (χ0n) is 15.2. The van der Waals surface area contributed by atoms with Gasteiger partial charge in [0.05, 0.1) is 24.1 Å². The van der Waals surface area contributed by atoms with Crippen molar-refractivity contribution in [2.45, 2.75) is 26.8 Å². The minimum atomic E-state index is -0.128. The molecule has 2 rings (SSSR count). The third-order valence-electron chi connectivity index (χ3n) is 3.51. The maximum atomic E-state index is 12.2. The van der Waals surface area contributed by atoms with Gasteiger partial charge in [0.25, 0.3) is 0 Å². The maximum absolute atomic E-state index is 12.2. The van der Waals surface area contributed by atoms with Crippen LogP contribution in [0.3, 0.4) is 0 Å². The molecule has 0 fully saturated rings. The third kappa shape index (κ3) is 6.04. The molecule has 2 amide bonds. The second-order valence-electron chi connectivity index (χ2n) is 6.41. The van der Waals surface area contributed by atoms with Crippen molar-refractivity contribution >= 4 is 23.2 Å². The monoisotopic (exact) mass is 343 g/mol. The van der Waals surface area contributed by atoms with Crippen LogP contribution in [0, 0.1) is 13.8 Å². The van der Waals surface area contributed by atoms with Crippen LogP contribution in [0.25, 0.3) is 0 Å². The van der Waals surface area contributed by atoms with Gasteiger partial charge in [-0.3, -0.25) is 14.3 Å². The number of anilines is 2. The van der Waals surface area contributed by atoms with Gasteiger partial charge >= 0.3 is 0 Å². The minimum absolute atomic E-state index is 0.123. The molecule has 1 aromatic heterocycles. The lowest BCUT2D eigenvalue weighted by Gasteiger charge is -2.15. The number of hydrogen-bond acceptors (Lipinski definition) is 4. The molecule has 7 nitrogen and oxygen atoms in total. The molecule has 0 saturated carbocycles. The summed E-state index contributed by atoms with van der Waals surface area (Å²) in [4.78, 5) is 26.0. The molecule has 0 aliphatic rings. The van der Waals surface area contributed by atoms with Crippen LogP contribution in [0.4, 0.5) is 11.4 Å². The Morgan fingerprint density at radius 1 is 1.08 bits per heavy atom. The van der Waals surface area contributed by atoms with E-state index < -0.39 is 0 Å². The lowest BCUT2D eigenvalue weighted by molar-refractivity contribution is -0.117. The van der Waals surface area contributed by atoms with E-state index in [0.29, 0.717) is 24.3 Å². The summed E-state index contributed by atoms with van der Waals surface area (Å²) in [5.41, 5.74) is 3.27. The number of nitrogens with one attached hydrogen (secondary N) is 2. The number of carbonyl (C=O) groups excluding carboxylic acids is 2. The fourth-order valence-corrected chi connectivity index (χ4v) is 2.37. The first kappa shape index (κ1) is 18.7. The molecule has 0 aliphatic carbocycles. The highest BCUT2D eigenvalue weighted by atomic mass is 16.2. The first-order valence-electron chi connectivity index (χ1n) is 8.17. The number of rotatable bonds is 7. The first-order valence-corrected chi connectivity index (χ1v) is 8.17. The number of carbonyl (C=O) groups is 2. The molecule has 0 saturated heterocycles. The predicted octanol–water partition coefficient (Wildman–Crippen LogP) is 2.03. The number of likely N-dealkylation sites (N-methyl/N-ethyl adjacent to an activating group) is 1. The molecule has 25 heavy (non-hydrogen) atoms. The van der Waals surface area contributed by atoms with Crippen molar-refractivity contribution in [3.63, 3.8) is 0 Å². The summed E-state index contributed by atoms with van der Waals surface area (Å²) in [5.74, 6) is -0.252. The summed E-state index contributed by atoms with van der Waals surface area (Å²) in [6.07, 6.45) is 3.96. The van der Waals surface area contributed by atoms with Gasteiger partial charge in [-0.25, -0.2) is 0 Å². The van der Waals surface area contributed by atoms with E-state index in [0.717, 1.165) is 11.1 Å². The van der Waals surface area contributed by atoms with Gasteiger partial charge in [0, 0.05) is 19.2 Å². The molecular formula is C18H25N5O2. The van der Waals surface area contributed by atoms with E-state index in [-0.39, 0.29) is 18.4 Å². The Bertz CT molecular complexity index is 752. The largest absolute Gasteiger partial charge is 0.324 e. The van der Waals surface area contributed by atoms with E-state index in [1.807, 2.05) is 46.3 Å². The van der Waals surface area contributed by atoms with Gasteiger partial charge in [-0.15, -0.1) is 0 Å². The number of nitrogens with zero attached hydrogens (tertiary/aromatic N) is 3. The van der Waals surface area contributed by atoms with E-state index in [9.17, 15) is 9.59 Å². The number of amides is 2. The fourth-order valence-electron chi connectivity index (χ4n) is 2.37. The smallest absolute Gasteiger partial charge is 0.238 e. The van der Waals surface area contributed by atoms with Crippen molar-refractivity contribution in [3.05, 3.63) is 41.7 Å². The zero-order chi connectivity index (χ0) is 18.4. The lowest BCUT2D eigenvalue weighted by atomic mass is 10.2. The van der Waals surface area contributed by atoms with E-state index in [2.05, 4.69) is 15.7 Å². The van der Waals surface area contributed by atoms with Crippen molar-refractivity contribution in [1.29, 1.82) is 0 Å². The minimum Gasteiger partial charge on any atom is -0.324 e. The van der Waals surface area contributed by atoms with Crippen molar-refractivity contribution in [1.82, 2.24) is 14.7 Å². The second kappa shape index (κ2) is 8.43. The van der Waals surface area contributed by atoms with Crippen LogP contribution in [-0.4, -0.2) is 47.1 Å². The third-order valence-corrected chi connectivity index (χ3v) is 3.51. The summed E-state index contributed by atoms with van der Waals surface area (Å²) in [6.45, 7) is 4.68. The average Bonchev–Trinajstić information content (AvgIpc) is 2.93. The Hall–Kier alpha value is -2.67. The van der Waals surface area contributed by atoms with Gasteiger partial charge in [0.15, 0.2) is 0 Å². The van der Waals surface area contributed by atoms with Crippen LogP contribution in [-0.2, 0) is 16.1 Å². The molecule has 1 heterocycles. The van der Waals surface area contributed by atoms with E-state index >= 15 is 0 Å². The summed E-state index contributed by atoms with van der Waals surface area (Å²) in [5, 5.41) is 9.89. The summed E-state index contributed by atoms with van der Waals surface area (Å²) in [6, 6.07) is 5.55. The summed E-state index contributed by atoms with van der Waals surface area (Å²) >= 11 is 0. The molecule has 0 unspecified atom stereocenters. The van der Waals surface area contributed by atoms with Gasteiger partial charge in [-0.2, -0.15) is 5.10 Å². The van der Waals surface area contributed by atoms with Gasteiger partial charge in [0.2, 0.25) is 11.8 Å². The Kier molecular flexibility index (Phi) is 6.30. The molecule has 0 spiro atoms. The molecule has 2 N–H and O–H groups in total. The van der Waals surface area contributed by atoms with Gasteiger partial charge < -0.3 is 15.5 Å². The summed E-state index contributed by atoms with van der Waals surface area (Å²) in [7, 11) is 3.66. The molecular weight excluding hydrogens is 318 g/mol. The maximum Gasteiger partial charge on any atom is 0.238 e. The van der Waals surface area contributed by atoms with Crippen molar-refractivity contribution in [3.8, 4) is 0 Å². The summed E-state index contributed by atoms with van der Waals surface area (Å²) < 4.78 is 1.74. The van der Waals surface area contributed by atoms with Crippen molar-refractivity contribution in [2.75, 3.05) is 31.3 Å². The van der Waals surface area contributed by atoms with Crippen molar-refractivity contribution in [2.24, 2.45) is 0 Å². The highest BCUT2D eigenvalue weighted by Gasteiger charge is 2.11. The Labute approximate surface area is 148 Å². The molecule has 134 valence electrons. The predicted molar refractivity (Wildman–Crippen MR) is 98.6 cm³/mol. The van der Waals surface area contributed by atoms with Gasteiger partial charge in [-0.1, -0.05) is 6.07 Å². The normalized spacial score (nSPS) is 10.8. The van der Waals surface area contributed by atoms with Gasteiger partial charge in [0.1, 0.15) is 0 Å². The standard InChI is InChI=1S/C18H25N5O2/c1-13-5-6-15(20-18(25)12-22(3)4)16(9-13)21-17(24)7-8-23-11-14(2)10-19-23/h5-6,9-11H,7-8,12H2,1-4H3,(H,20,25)(H,21,24). The quantitative estimate of drug-likeness (QED) is 0.806. The highest BCUT2D eigenvalue weighted by molar-refractivity contribution is 6.00. The number of hydrogen-bond donors (Lipinski definition) is 2. The van der Waals surface area contributed by atoms with Crippen LogP contribution in [0.5, 0.6) is 0 Å². The number of benzene rings is 1. The van der Waals surface area contributed by atoms with Crippen LogP contribution in [0.1, 0.15) is 17.5 Å². The number of aromatic nitrogens is 2. The molecule has 0 radical (unpaired) electrons. The van der Waals surface area contributed by atoms with Crippen LogP contribution in [0.15, 0.2) is 30.6 Å². The van der Waals surface area contributed by atoms with E-state index in [1.165, 1.54) is 0 Å². The zero-order valence-corrected chi connectivity index (χ0v) is 15.2. The Morgan fingerprint density at radius 2 is 1.80 bits per heavy atom.